The quantitative estimate of drug-likeness (QED) is 0.598. The van der Waals surface area contributed by atoms with Crippen LogP contribution in [0.5, 0.6) is 0 Å². The number of carbonyl (C=O) groups excluding carboxylic acids is 2. The highest BCUT2D eigenvalue weighted by molar-refractivity contribution is 5.79. The van der Waals surface area contributed by atoms with Gasteiger partial charge in [0, 0.05) is 32.0 Å². The molecule has 1 heterocycles. The molecule has 2 N–H and O–H groups in total. The van der Waals surface area contributed by atoms with Crippen molar-refractivity contribution in [2.45, 2.75) is 32.1 Å². The number of rotatable bonds is 8. The molecule has 0 aromatic heterocycles. The maximum Gasteiger partial charge on any atom is 0.407 e. The lowest BCUT2D eigenvalue weighted by Gasteiger charge is -2.27. The Morgan fingerprint density at radius 2 is 1.71 bits per heavy atom. The molecule has 1 saturated carbocycles. The van der Waals surface area contributed by atoms with E-state index in [0.29, 0.717) is 32.5 Å². The molecule has 2 aliphatic carbocycles. The number of amides is 2. The SMILES string of the molecule is CC(CCNC(=O)OCC1c2ccccc2-c2ccccc21)CC(=O)N1CC[C@@H]2C(C(=O)O)[C@@H]2C1. The van der Waals surface area contributed by atoms with E-state index in [4.69, 9.17) is 4.74 Å². The Morgan fingerprint density at radius 1 is 1.06 bits per heavy atom. The van der Waals surface area contributed by atoms with Gasteiger partial charge >= 0.3 is 12.1 Å². The van der Waals surface area contributed by atoms with E-state index in [1.165, 1.54) is 22.3 Å². The average molecular weight is 477 g/mol. The number of nitrogens with zero attached hydrogens (tertiary/aromatic N) is 1. The van der Waals surface area contributed by atoms with E-state index in [1.807, 2.05) is 36.1 Å². The molecule has 35 heavy (non-hydrogen) atoms. The molecular formula is C28H32N2O5. The minimum absolute atomic E-state index is 0.0287. The van der Waals surface area contributed by atoms with E-state index < -0.39 is 12.1 Å². The van der Waals surface area contributed by atoms with Crippen LogP contribution < -0.4 is 5.32 Å². The Labute approximate surface area is 205 Å². The zero-order valence-electron chi connectivity index (χ0n) is 20.0. The van der Waals surface area contributed by atoms with Crippen molar-refractivity contribution in [3.8, 4) is 11.1 Å². The fourth-order valence-electron chi connectivity index (χ4n) is 5.93. The number of aliphatic carboxylic acids is 1. The largest absolute Gasteiger partial charge is 0.481 e. The van der Waals surface area contributed by atoms with Crippen molar-refractivity contribution in [3.63, 3.8) is 0 Å². The molecule has 0 radical (unpaired) electrons. The molecule has 5 rings (SSSR count). The van der Waals surface area contributed by atoms with Crippen LogP contribution in [0.25, 0.3) is 11.1 Å². The highest BCUT2D eigenvalue weighted by atomic mass is 16.5. The van der Waals surface area contributed by atoms with Gasteiger partial charge in [-0.25, -0.2) is 4.79 Å². The third-order valence-corrected chi connectivity index (χ3v) is 7.91. The standard InChI is InChI=1S/C28H32N2O5/c1-17(14-25(31)30-13-11-22-23(15-30)26(22)27(32)33)10-12-29-28(34)35-16-24-20-8-4-2-6-18(20)19-7-3-5-9-21(19)24/h2-9,17,22-24,26H,10-16H2,1H3,(H,29,34)(H,32,33)/t17?,22-,23+,26?/m0/s1. The van der Waals surface area contributed by atoms with Gasteiger partial charge in [0.1, 0.15) is 6.61 Å². The first-order valence-corrected chi connectivity index (χ1v) is 12.5. The zero-order valence-corrected chi connectivity index (χ0v) is 20.0. The summed E-state index contributed by atoms with van der Waals surface area (Å²) in [5.41, 5.74) is 4.75. The molecule has 1 aliphatic heterocycles. The highest BCUT2D eigenvalue weighted by Crippen LogP contribution is 2.51. The summed E-state index contributed by atoms with van der Waals surface area (Å²) in [7, 11) is 0. The number of ether oxygens (including phenoxy) is 1. The minimum Gasteiger partial charge on any atom is -0.481 e. The number of alkyl carbamates (subject to hydrolysis) is 1. The van der Waals surface area contributed by atoms with E-state index in [-0.39, 0.29) is 42.1 Å². The van der Waals surface area contributed by atoms with Crippen molar-refractivity contribution < 1.29 is 24.2 Å². The molecule has 7 heteroatoms. The summed E-state index contributed by atoms with van der Waals surface area (Å²) < 4.78 is 5.57. The number of hydrogen-bond donors (Lipinski definition) is 2. The van der Waals surface area contributed by atoms with Gasteiger partial charge in [0.05, 0.1) is 5.92 Å². The van der Waals surface area contributed by atoms with Gasteiger partial charge < -0.3 is 20.1 Å². The Morgan fingerprint density at radius 3 is 2.37 bits per heavy atom. The number of piperidine rings is 1. The van der Waals surface area contributed by atoms with Crippen LogP contribution in [-0.4, -0.2) is 54.2 Å². The number of carbonyl (C=O) groups is 3. The predicted octanol–water partition coefficient (Wildman–Crippen LogP) is 4.12. The van der Waals surface area contributed by atoms with Crippen LogP contribution in [0.1, 0.15) is 43.2 Å². The Balaban J connectivity index is 1.04. The zero-order chi connectivity index (χ0) is 24.5. The third-order valence-electron chi connectivity index (χ3n) is 7.91. The summed E-state index contributed by atoms with van der Waals surface area (Å²) >= 11 is 0. The number of carboxylic acids is 1. The first kappa shape index (κ1) is 23.4. The second-order valence-electron chi connectivity index (χ2n) is 10.2. The van der Waals surface area contributed by atoms with Crippen LogP contribution in [0.15, 0.2) is 48.5 Å². The van der Waals surface area contributed by atoms with Gasteiger partial charge in [-0.2, -0.15) is 0 Å². The van der Waals surface area contributed by atoms with Crippen molar-refractivity contribution in [3.05, 3.63) is 59.7 Å². The van der Waals surface area contributed by atoms with Crippen molar-refractivity contribution in [2.75, 3.05) is 26.2 Å². The smallest absolute Gasteiger partial charge is 0.407 e. The third kappa shape index (κ3) is 4.77. The van der Waals surface area contributed by atoms with E-state index >= 15 is 0 Å². The summed E-state index contributed by atoms with van der Waals surface area (Å²) in [6.45, 7) is 3.93. The van der Waals surface area contributed by atoms with Crippen LogP contribution in [0.2, 0.25) is 0 Å². The van der Waals surface area contributed by atoms with Gasteiger partial charge in [-0.3, -0.25) is 9.59 Å². The molecule has 0 bridgehead atoms. The topological polar surface area (TPSA) is 95.9 Å². The number of likely N-dealkylation sites (tertiary alicyclic amines) is 1. The number of hydrogen-bond acceptors (Lipinski definition) is 4. The molecule has 2 fully saturated rings. The fraction of sp³-hybridized carbons (Fsp3) is 0.464. The van der Waals surface area contributed by atoms with Gasteiger partial charge in [0.15, 0.2) is 0 Å². The van der Waals surface area contributed by atoms with Gasteiger partial charge in [0.2, 0.25) is 5.91 Å². The van der Waals surface area contributed by atoms with Crippen LogP contribution in [-0.2, 0) is 14.3 Å². The van der Waals surface area contributed by atoms with Gasteiger partial charge in [-0.15, -0.1) is 0 Å². The highest BCUT2D eigenvalue weighted by Gasteiger charge is 2.57. The molecule has 2 amide bonds. The molecule has 1 saturated heterocycles. The number of fused-ring (bicyclic) bond motifs is 4. The molecule has 184 valence electrons. The van der Waals surface area contributed by atoms with Gasteiger partial charge in [0.25, 0.3) is 0 Å². The Hall–Kier alpha value is -3.35. The average Bonchev–Trinajstić information content (AvgIpc) is 3.50. The molecule has 2 aromatic rings. The second-order valence-corrected chi connectivity index (χ2v) is 10.2. The minimum atomic E-state index is -0.734. The van der Waals surface area contributed by atoms with Crippen LogP contribution in [0.4, 0.5) is 4.79 Å². The number of benzene rings is 2. The van der Waals surface area contributed by atoms with E-state index in [0.717, 1.165) is 6.42 Å². The Bertz CT molecular complexity index is 1090. The van der Waals surface area contributed by atoms with Gasteiger partial charge in [-0.1, -0.05) is 55.5 Å². The lowest BCUT2D eigenvalue weighted by molar-refractivity contribution is -0.139. The van der Waals surface area contributed by atoms with Crippen molar-refractivity contribution >= 4 is 18.0 Å². The summed E-state index contributed by atoms with van der Waals surface area (Å²) in [4.78, 5) is 38.1. The first-order chi connectivity index (χ1) is 16.9. The summed E-state index contributed by atoms with van der Waals surface area (Å²) in [6, 6.07) is 16.5. The molecular weight excluding hydrogens is 444 g/mol. The van der Waals surface area contributed by atoms with Crippen molar-refractivity contribution in [1.82, 2.24) is 10.2 Å². The maximum absolute atomic E-state index is 12.7. The molecule has 2 aromatic carbocycles. The predicted molar refractivity (Wildman–Crippen MR) is 131 cm³/mol. The lowest BCUT2D eigenvalue weighted by atomic mass is 9.98. The number of nitrogens with one attached hydrogen (secondary N) is 1. The fourth-order valence-corrected chi connectivity index (χ4v) is 5.93. The molecule has 2 unspecified atom stereocenters. The van der Waals surface area contributed by atoms with Gasteiger partial charge in [-0.05, 0) is 52.8 Å². The molecule has 0 spiro atoms. The molecule has 7 nitrogen and oxygen atoms in total. The van der Waals surface area contributed by atoms with Crippen LogP contribution in [0, 0.1) is 23.7 Å². The maximum atomic E-state index is 12.7. The monoisotopic (exact) mass is 476 g/mol. The van der Waals surface area contributed by atoms with Crippen LogP contribution in [0.3, 0.4) is 0 Å². The second kappa shape index (κ2) is 9.72. The molecule has 3 aliphatic rings. The lowest BCUT2D eigenvalue weighted by Crippen LogP contribution is -2.38. The van der Waals surface area contributed by atoms with E-state index in [2.05, 4.69) is 29.6 Å². The van der Waals surface area contributed by atoms with Crippen LogP contribution >= 0.6 is 0 Å². The molecule has 4 atom stereocenters. The summed E-state index contributed by atoms with van der Waals surface area (Å²) in [5.74, 6) is -0.419. The van der Waals surface area contributed by atoms with E-state index in [1.54, 1.807) is 0 Å². The normalized spacial score (nSPS) is 23.0. The van der Waals surface area contributed by atoms with E-state index in [9.17, 15) is 19.5 Å². The Kier molecular flexibility index (Phi) is 6.50. The van der Waals surface area contributed by atoms with Crippen molar-refractivity contribution in [2.24, 2.45) is 23.7 Å². The summed E-state index contributed by atoms with van der Waals surface area (Å²) in [5, 5.41) is 12.1. The van der Waals surface area contributed by atoms with Crippen molar-refractivity contribution in [1.29, 1.82) is 0 Å². The number of carboxylic acid groups (broad SMARTS) is 1. The first-order valence-electron chi connectivity index (χ1n) is 12.5. The summed E-state index contributed by atoms with van der Waals surface area (Å²) in [6.07, 6.45) is 1.42.